The van der Waals surface area contributed by atoms with Crippen molar-refractivity contribution in [3.05, 3.63) is 41.7 Å². The number of ether oxygens (including phenoxy) is 1. The molecule has 0 bridgehead atoms. The molecule has 1 aliphatic heterocycles. The summed E-state index contributed by atoms with van der Waals surface area (Å²) >= 11 is 0. The Kier molecular flexibility index (Phi) is 7.06. The van der Waals surface area contributed by atoms with Crippen LogP contribution in [0.25, 0.3) is 0 Å². The van der Waals surface area contributed by atoms with Gasteiger partial charge in [-0.25, -0.2) is 17.9 Å². The Bertz CT molecular complexity index is 1050. The van der Waals surface area contributed by atoms with Crippen molar-refractivity contribution in [3.63, 3.8) is 0 Å². The molecule has 1 N–H and O–H groups in total. The number of aromatic nitrogens is 3. The second-order valence-corrected chi connectivity index (χ2v) is 9.74. The van der Waals surface area contributed by atoms with Crippen LogP contribution in [0.4, 0.5) is 0 Å². The number of esters is 1. The van der Waals surface area contributed by atoms with E-state index in [0.29, 0.717) is 31.8 Å². The van der Waals surface area contributed by atoms with Gasteiger partial charge in [-0.15, -0.1) is 5.10 Å². The number of methoxy groups -OCH3 is 1. The Morgan fingerprint density at radius 2 is 2.03 bits per heavy atom. The minimum absolute atomic E-state index is 0.00279. The van der Waals surface area contributed by atoms with Crippen LogP contribution in [0, 0.1) is 5.92 Å². The van der Waals surface area contributed by atoms with E-state index in [1.165, 1.54) is 28.2 Å². The summed E-state index contributed by atoms with van der Waals surface area (Å²) in [5.74, 6) is -0.711. The monoisotopic (exact) mass is 449 g/mol. The number of amides is 1. The third kappa shape index (κ3) is 5.10. The fourth-order valence-corrected chi connectivity index (χ4v) is 5.11. The number of hydrogen-bond acceptors (Lipinski definition) is 7. The van der Waals surface area contributed by atoms with E-state index in [2.05, 4.69) is 15.6 Å². The van der Waals surface area contributed by atoms with Gasteiger partial charge in [0.25, 0.3) is 5.91 Å². The van der Waals surface area contributed by atoms with E-state index in [9.17, 15) is 18.0 Å². The molecule has 10 nitrogen and oxygen atoms in total. The number of carbonyl (C=O) groups excluding carboxylic acids is 2. The first-order valence-electron chi connectivity index (χ1n) is 10.1. The minimum atomic E-state index is -3.92. The van der Waals surface area contributed by atoms with Gasteiger partial charge in [0.15, 0.2) is 5.69 Å². The van der Waals surface area contributed by atoms with Crippen LogP contribution >= 0.6 is 0 Å². The second kappa shape index (κ2) is 9.56. The number of hydrogen-bond donors (Lipinski definition) is 1. The highest BCUT2D eigenvalue weighted by Gasteiger charge is 2.34. The van der Waals surface area contributed by atoms with Gasteiger partial charge >= 0.3 is 5.97 Å². The standard InChI is InChI=1S/C20H27N5O5S/c1-14(2)11-21-19(26)17-13-25(23-22-17)15-7-6-10-24(12-15)31(28,29)18-9-5-4-8-16(18)20(27)30-3/h4-5,8-9,13-15H,6-7,10-12H2,1-3H3,(H,21,26)/t15-/m1/s1. The van der Waals surface area contributed by atoms with Crippen LogP contribution in [-0.2, 0) is 14.8 Å². The number of piperidine rings is 1. The van der Waals surface area contributed by atoms with Gasteiger partial charge in [-0.3, -0.25) is 4.79 Å². The average molecular weight is 450 g/mol. The number of nitrogens with one attached hydrogen (secondary N) is 1. The second-order valence-electron chi connectivity index (χ2n) is 7.83. The molecule has 1 aromatic heterocycles. The van der Waals surface area contributed by atoms with Crippen molar-refractivity contribution in [1.82, 2.24) is 24.6 Å². The molecule has 11 heteroatoms. The molecule has 1 aliphatic rings. The lowest BCUT2D eigenvalue weighted by Crippen LogP contribution is -2.41. The molecule has 1 amide bonds. The van der Waals surface area contributed by atoms with E-state index >= 15 is 0 Å². The molecular weight excluding hydrogens is 422 g/mol. The van der Waals surface area contributed by atoms with Crippen molar-refractivity contribution in [3.8, 4) is 0 Å². The summed E-state index contributed by atoms with van der Waals surface area (Å²) in [5.41, 5.74) is 0.189. The van der Waals surface area contributed by atoms with Gasteiger partial charge in [-0.1, -0.05) is 31.2 Å². The predicted molar refractivity (Wildman–Crippen MR) is 112 cm³/mol. The van der Waals surface area contributed by atoms with Crippen molar-refractivity contribution in [1.29, 1.82) is 0 Å². The Hall–Kier alpha value is -2.79. The molecule has 2 aromatic rings. The molecule has 3 rings (SSSR count). The first-order chi connectivity index (χ1) is 14.7. The van der Waals surface area contributed by atoms with Crippen LogP contribution in [-0.4, -0.2) is 66.3 Å². The third-order valence-corrected chi connectivity index (χ3v) is 6.98. The lowest BCUT2D eigenvalue weighted by atomic mass is 10.1. The summed E-state index contributed by atoms with van der Waals surface area (Å²) in [7, 11) is -2.71. The number of nitrogens with zero attached hydrogens (tertiary/aromatic N) is 4. The SMILES string of the molecule is COC(=O)c1ccccc1S(=O)(=O)N1CCC[C@@H](n2cc(C(=O)NCC(C)C)nn2)C1. The van der Waals surface area contributed by atoms with Crippen LogP contribution in [0.15, 0.2) is 35.4 Å². The molecule has 1 saturated heterocycles. The van der Waals surface area contributed by atoms with Crippen molar-refractivity contribution in [2.45, 2.75) is 37.6 Å². The van der Waals surface area contributed by atoms with Crippen molar-refractivity contribution in [2.24, 2.45) is 5.92 Å². The molecule has 1 fully saturated rings. The van der Waals surface area contributed by atoms with Crippen LogP contribution in [0.2, 0.25) is 0 Å². The molecule has 0 unspecified atom stereocenters. The lowest BCUT2D eigenvalue weighted by Gasteiger charge is -2.32. The molecular formula is C20H27N5O5S. The number of rotatable bonds is 7. The molecule has 0 radical (unpaired) electrons. The maximum absolute atomic E-state index is 13.3. The zero-order chi connectivity index (χ0) is 22.6. The zero-order valence-electron chi connectivity index (χ0n) is 17.8. The Labute approximate surface area is 181 Å². The number of sulfonamides is 1. The molecule has 2 heterocycles. The van der Waals surface area contributed by atoms with Crippen LogP contribution in [0.5, 0.6) is 0 Å². The fraction of sp³-hybridized carbons (Fsp3) is 0.500. The predicted octanol–water partition coefficient (Wildman–Crippen LogP) is 1.48. The molecule has 0 spiro atoms. The van der Waals surface area contributed by atoms with E-state index in [1.807, 2.05) is 13.8 Å². The van der Waals surface area contributed by atoms with Crippen LogP contribution in [0.1, 0.15) is 53.6 Å². The van der Waals surface area contributed by atoms with Crippen molar-refractivity contribution in [2.75, 3.05) is 26.7 Å². The summed E-state index contributed by atoms with van der Waals surface area (Å²) in [5, 5.41) is 10.8. The number of benzene rings is 1. The van der Waals surface area contributed by atoms with Gasteiger partial charge in [-0.2, -0.15) is 4.31 Å². The molecule has 1 aromatic carbocycles. The summed E-state index contributed by atoms with van der Waals surface area (Å²) in [6.45, 7) is 5.00. The van der Waals surface area contributed by atoms with Gasteiger partial charge < -0.3 is 10.1 Å². The first-order valence-corrected chi connectivity index (χ1v) is 11.6. The molecule has 168 valence electrons. The smallest absolute Gasteiger partial charge is 0.339 e. The normalized spacial score (nSPS) is 17.5. The van der Waals surface area contributed by atoms with Crippen molar-refractivity contribution >= 4 is 21.9 Å². The van der Waals surface area contributed by atoms with Gasteiger partial charge in [0.05, 0.1) is 29.8 Å². The Morgan fingerprint density at radius 3 is 2.74 bits per heavy atom. The maximum Gasteiger partial charge on any atom is 0.339 e. The molecule has 1 atom stereocenters. The topological polar surface area (TPSA) is 123 Å². The van der Waals surface area contributed by atoms with Crippen LogP contribution in [0.3, 0.4) is 0 Å². The van der Waals surface area contributed by atoms with E-state index in [1.54, 1.807) is 18.3 Å². The first kappa shape index (κ1) is 22.9. The van der Waals surface area contributed by atoms with Crippen molar-refractivity contribution < 1.29 is 22.7 Å². The molecule has 0 saturated carbocycles. The Morgan fingerprint density at radius 1 is 1.29 bits per heavy atom. The van der Waals surface area contributed by atoms with E-state index in [4.69, 9.17) is 4.74 Å². The number of carbonyl (C=O) groups is 2. The van der Waals surface area contributed by atoms with E-state index in [-0.39, 0.29) is 34.6 Å². The van der Waals surface area contributed by atoms with E-state index in [0.717, 1.165) is 0 Å². The summed E-state index contributed by atoms with van der Waals surface area (Å²) in [6.07, 6.45) is 2.85. The maximum atomic E-state index is 13.3. The molecule has 31 heavy (non-hydrogen) atoms. The van der Waals surface area contributed by atoms with Gasteiger partial charge in [0.1, 0.15) is 0 Å². The minimum Gasteiger partial charge on any atom is -0.465 e. The highest BCUT2D eigenvalue weighted by molar-refractivity contribution is 7.89. The van der Waals surface area contributed by atoms with Gasteiger partial charge in [0, 0.05) is 19.6 Å². The van der Waals surface area contributed by atoms with E-state index < -0.39 is 16.0 Å². The largest absolute Gasteiger partial charge is 0.465 e. The van der Waals surface area contributed by atoms with Gasteiger partial charge in [-0.05, 0) is 30.9 Å². The Balaban J connectivity index is 1.78. The highest BCUT2D eigenvalue weighted by atomic mass is 32.2. The summed E-state index contributed by atoms with van der Waals surface area (Å²) in [6, 6.07) is 5.72. The fourth-order valence-electron chi connectivity index (χ4n) is 3.41. The third-order valence-electron chi connectivity index (χ3n) is 5.06. The summed E-state index contributed by atoms with van der Waals surface area (Å²) in [4.78, 5) is 24.2. The highest BCUT2D eigenvalue weighted by Crippen LogP contribution is 2.28. The summed E-state index contributed by atoms with van der Waals surface area (Å²) < 4.78 is 34.2. The molecule has 0 aliphatic carbocycles. The zero-order valence-corrected chi connectivity index (χ0v) is 18.6. The van der Waals surface area contributed by atoms with Crippen LogP contribution < -0.4 is 5.32 Å². The average Bonchev–Trinajstić information content (AvgIpc) is 3.27. The van der Waals surface area contributed by atoms with Gasteiger partial charge in [0.2, 0.25) is 10.0 Å². The lowest BCUT2D eigenvalue weighted by molar-refractivity contribution is 0.0596. The quantitative estimate of drug-likeness (QED) is 0.635.